The second-order valence-corrected chi connectivity index (χ2v) is 9.15. The highest BCUT2D eigenvalue weighted by Gasteiger charge is 2.55. The van der Waals surface area contributed by atoms with Gasteiger partial charge >= 0.3 is 0 Å². The number of thiazole rings is 1. The minimum atomic E-state index is 0.159. The molecule has 6 nitrogen and oxygen atoms in total. The van der Waals surface area contributed by atoms with Crippen molar-refractivity contribution in [3.05, 3.63) is 39.8 Å². The Labute approximate surface area is 168 Å². The summed E-state index contributed by atoms with van der Waals surface area (Å²) in [5.41, 5.74) is 3.88. The highest BCUT2D eigenvalue weighted by Crippen LogP contribution is 2.48. The summed E-state index contributed by atoms with van der Waals surface area (Å²) in [5, 5.41) is 0. The number of piperidine rings is 3. The molecule has 28 heavy (non-hydrogen) atoms. The smallest absolute Gasteiger partial charge is 0.266 e. The number of hydrogen-bond acceptors (Lipinski definition) is 6. The van der Waals surface area contributed by atoms with Crippen LogP contribution < -0.4 is 9.47 Å². The zero-order valence-corrected chi connectivity index (χ0v) is 16.7. The number of aryl methyl sites for hydroxylation is 1. The summed E-state index contributed by atoms with van der Waals surface area (Å²) in [6, 6.07) is 6.99. The van der Waals surface area contributed by atoms with E-state index in [1.54, 1.807) is 5.51 Å². The Balaban J connectivity index is 1.39. The summed E-state index contributed by atoms with van der Waals surface area (Å²) in [7, 11) is 0. The van der Waals surface area contributed by atoms with Gasteiger partial charge in [0.15, 0.2) is 11.5 Å². The maximum atomic E-state index is 13.5. The van der Waals surface area contributed by atoms with Gasteiger partial charge in [0.25, 0.3) is 5.91 Å². The van der Waals surface area contributed by atoms with E-state index in [9.17, 15) is 4.79 Å². The molecule has 5 aliphatic heterocycles. The van der Waals surface area contributed by atoms with Crippen molar-refractivity contribution in [3.8, 4) is 11.5 Å². The molecule has 7 rings (SSSR count). The first-order valence-corrected chi connectivity index (χ1v) is 10.9. The molecule has 2 aromatic rings. The maximum absolute atomic E-state index is 13.5. The lowest BCUT2D eigenvalue weighted by molar-refractivity contribution is -0.00329. The van der Waals surface area contributed by atoms with Crippen molar-refractivity contribution < 1.29 is 14.3 Å². The molecular formula is C21H23N3O3S. The van der Waals surface area contributed by atoms with E-state index in [2.05, 4.69) is 26.9 Å². The molecule has 1 amide bonds. The number of carbonyl (C=O) groups is 1. The normalized spacial score (nSPS) is 32.6. The molecule has 4 saturated heterocycles. The van der Waals surface area contributed by atoms with Gasteiger partial charge in [-0.1, -0.05) is 6.07 Å². The number of rotatable bonds is 2. The molecule has 0 spiro atoms. The lowest BCUT2D eigenvalue weighted by Crippen LogP contribution is -2.60. The Hall–Kier alpha value is -2.12. The van der Waals surface area contributed by atoms with Crippen LogP contribution in [0, 0.1) is 12.8 Å². The molecule has 1 aromatic heterocycles. The Kier molecular flexibility index (Phi) is 3.71. The first-order valence-electron chi connectivity index (χ1n) is 10.1. The highest BCUT2D eigenvalue weighted by atomic mass is 32.1. The summed E-state index contributed by atoms with van der Waals surface area (Å²) < 4.78 is 11.1. The lowest BCUT2D eigenvalue weighted by atomic mass is 9.75. The molecule has 0 unspecified atom stereocenters. The van der Waals surface area contributed by atoms with E-state index in [-0.39, 0.29) is 5.91 Å². The summed E-state index contributed by atoms with van der Waals surface area (Å²) in [5.74, 6) is 2.71. The van der Waals surface area contributed by atoms with Crippen molar-refractivity contribution in [1.82, 2.24) is 14.8 Å². The van der Waals surface area contributed by atoms with E-state index in [1.165, 1.54) is 29.7 Å². The first kappa shape index (κ1) is 16.8. The van der Waals surface area contributed by atoms with Gasteiger partial charge < -0.3 is 14.4 Å². The molecule has 7 heteroatoms. The summed E-state index contributed by atoms with van der Waals surface area (Å²) >= 11 is 1.46. The van der Waals surface area contributed by atoms with Gasteiger partial charge in [0, 0.05) is 18.5 Å². The first-order chi connectivity index (χ1) is 13.7. The van der Waals surface area contributed by atoms with Gasteiger partial charge in [-0.25, -0.2) is 4.98 Å². The zero-order valence-electron chi connectivity index (χ0n) is 15.8. The summed E-state index contributed by atoms with van der Waals surface area (Å²) in [6.45, 7) is 5.28. The third-order valence-electron chi connectivity index (χ3n) is 7.02. The van der Waals surface area contributed by atoms with Gasteiger partial charge in [-0.05, 0) is 56.5 Å². The predicted molar refractivity (Wildman–Crippen MR) is 105 cm³/mol. The molecule has 0 saturated carbocycles. The molecular weight excluding hydrogens is 374 g/mol. The Morgan fingerprint density at radius 3 is 2.79 bits per heavy atom. The van der Waals surface area contributed by atoms with E-state index in [0.29, 0.717) is 30.7 Å². The van der Waals surface area contributed by atoms with E-state index in [1.807, 2.05) is 13.0 Å². The van der Waals surface area contributed by atoms with Crippen molar-refractivity contribution in [2.45, 2.75) is 37.8 Å². The second-order valence-electron chi connectivity index (χ2n) is 8.30. The van der Waals surface area contributed by atoms with Gasteiger partial charge in [0.1, 0.15) is 4.88 Å². The lowest BCUT2D eigenvalue weighted by Gasteiger charge is -2.51. The minimum absolute atomic E-state index is 0.159. The number of fused-ring (bicyclic) bond motifs is 3. The number of hydrogen-bond donors (Lipinski definition) is 0. The van der Waals surface area contributed by atoms with Crippen molar-refractivity contribution in [3.63, 3.8) is 0 Å². The number of ether oxygens (including phenoxy) is 2. The molecule has 4 fully saturated rings. The third kappa shape index (κ3) is 2.35. The Morgan fingerprint density at radius 2 is 2.00 bits per heavy atom. The largest absolute Gasteiger partial charge is 0.454 e. The highest BCUT2D eigenvalue weighted by molar-refractivity contribution is 7.11. The fourth-order valence-corrected chi connectivity index (χ4v) is 6.49. The Bertz CT molecular complexity index is 937. The average molecular weight is 398 g/mol. The zero-order chi connectivity index (χ0) is 18.8. The fourth-order valence-electron chi connectivity index (χ4n) is 5.73. The SMILES string of the molecule is Cc1ncsc1C(=O)N1C[C@@H](c2ccc3c(c2)OCO3)[C@@H]2[C@H]1C1CCN2CC1. The van der Waals surface area contributed by atoms with Gasteiger partial charge in [-0.2, -0.15) is 0 Å². The number of amides is 1. The predicted octanol–water partition coefficient (Wildman–Crippen LogP) is 2.88. The topological polar surface area (TPSA) is 54.9 Å². The monoisotopic (exact) mass is 397 g/mol. The van der Waals surface area contributed by atoms with Crippen molar-refractivity contribution in [1.29, 1.82) is 0 Å². The summed E-state index contributed by atoms with van der Waals surface area (Å²) in [4.78, 5) is 23.3. The van der Waals surface area contributed by atoms with Crippen LogP contribution in [0.15, 0.2) is 23.7 Å². The fraction of sp³-hybridized carbons (Fsp3) is 0.524. The Morgan fingerprint density at radius 1 is 1.18 bits per heavy atom. The third-order valence-corrected chi connectivity index (χ3v) is 7.94. The molecule has 3 atom stereocenters. The number of benzene rings is 1. The average Bonchev–Trinajstić information content (AvgIpc) is 3.46. The van der Waals surface area contributed by atoms with Crippen LogP contribution in [0.3, 0.4) is 0 Å². The summed E-state index contributed by atoms with van der Waals surface area (Å²) in [6.07, 6.45) is 2.39. The van der Waals surface area contributed by atoms with Crippen LogP contribution in [0.1, 0.15) is 39.7 Å². The van der Waals surface area contributed by atoms with Gasteiger partial charge in [0.2, 0.25) is 6.79 Å². The van der Waals surface area contributed by atoms with Crippen molar-refractivity contribution >= 4 is 17.2 Å². The van der Waals surface area contributed by atoms with Crippen molar-refractivity contribution in [2.24, 2.45) is 5.92 Å². The van der Waals surface area contributed by atoms with E-state index in [0.717, 1.165) is 41.7 Å². The van der Waals surface area contributed by atoms with Crippen LogP contribution in [-0.2, 0) is 0 Å². The molecule has 6 heterocycles. The number of carbonyl (C=O) groups excluding carboxylic acids is 1. The van der Waals surface area contributed by atoms with Crippen LogP contribution in [0.5, 0.6) is 11.5 Å². The molecule has 5 aliphatic rings. The van der Waals surface area contributed by atoms with Gasteiger partial charge in [-0.15, -0.1) is 11.3 Å². The molecule has 0 aliphatic carbocycles. The standard InChI is InChI=1S/C21H23N3O3S/c1-12-20(28-10-22-12)21(25)24-9-15(14-2-3-16-17(8-14)27-11-26-16)19-18(24)13-4-6-23(19)7-5-13/h2-3,8,10,13,15,18-19H,4-7,9,11H2,1H3/t15-,18+,19+/m0/s1. The van der Waals surface area contributed by atoms with Crippen LogP contribution in [0.2, 0.25) is 0 Å². The molecule has 0 N–H and O–H groups in total. The van der Waals surface area contributed by atoms with Gasteiger partial charge in [0.05, 0.1) is 17.2 Å². The molecule has 2 bridgehead atoms. The van der Waals surface area contributed by atoms with Gasteiger partial charge in [-0.3, -0.25) is 9.69 Å². The van der Waals surface area contributed by atoms with E-state index in [4.69, 9.17) is 9.47 Å². The quantitative estimate of drug-likeness (QED) is 0.780. The molecule has 1 aromatic carbocycles. The number of aromatic nitrogens is 1. The van der Waals surface area contributed by atoms with Crippen LogP contribution in [0.25, 0.3) is 0 Å². The molecule has 146 valence electrons. The minimum Gasteiger partial charge on any atom is -0.454 e. The maximum Gasteiger partial charge on any atom is 0.266 e. The van der Waals surface area contributed by atoms with E-state index >= 15 is 0 Å². The number of likely N-dealkylation sites (tertiary alicyclic amines) is 1. The van der Waals surface area contributed by atoms with Crippen LogP contribution in [0.4, 0.5) is 0 Å². The molecule has 0 radical (unpaired) electrons. The van der Waals surface area contributed by atoms with E-state index < -0.39 is 0 Å². The van der Waals surface area contributed by atoms with Crippen LogP contribution >= 0.6 is 11.3 Å². The van der Waals surface area contributed by atoms with Crippen LogP contribution in [-0.4, -0.2) is 59.2 Å². The second kappa shape index (κ2) is 6.19. The van der Waals surface area contributed by atoms with Crippen molar-refractivity contribution in [2.75, 3.05) is 26.4 Å². The number of nitrogens with zero attached hydrogens (tertiary/aromatic N) is 3.